The number of halogens is 1. The minimum absolute atomic E-state index is 0.0358. The fourth-order valence-electron chi connectivity index (χ4n) is 3.08. The topological polar surface area (TPSA) is 83.6 Å². The summed E-state index contributed by atoms with van der Waals surface area (Å²) in [6.45, 7) is 2.15. The number of amides is 2. The Hall–Kier alpha value is -3.00. The molecule has 0 radical (unpaired) electrons. The average molecular weight is 386 g/mol. The Kier molecular flexibility index (Phi) is 6.91. The third kappa shape index (κ3) is 5.75. The molecule has 1 atom stereocenters. The van der Waals surface area contributed by atoms with Crippen molar-refractivity contribution in [2.45, 2.75) is 19.0 Å². The molecule has 1 fully saturated rings. The first-order valence-electron chi connectivity index (χ1n) is 9.17. The van der Waals surface area contributed by atoms with Gasteiger partial charge in [0.25, 0.3) is 0 Å². The number of pyridine rings is 1. The molecule has 0 saturated carbocycles. The van der Waals surface area contributed by atoms with Crippen LogP contribution in [0.4, 0.5) is 4.39 Å². The number of rotatable bonds is 8. The third-order valence-corrected chi connectivity index (χ3v) is 4.42. The monoisotopic (exact) mass is 386 g/mol. The maximum atomic E-state index is 13.4. The van der Waals surface area contributed by atoms with Gasteiger partial charge in [0.05, 0.1) is 25.2 Å². The Balaban J connectivity index is 1.49. The summed E-state index contributed by atoms with van der Waals surface area (Å²) in [5.74, 6) is -0.114. The maximum Gasteiger partial charge on any atom is 0.237 e. The van der Waals surface area contributed by atoms with Gasteiger partial charge >= 0.3 is 0 Å². The van der Waals surface area contributed by atoms with Crippen molar-refractivity contribution >= 4 is 11.8 Å². The summed E-state index contributed by atoms with van der Waals surface area (Å²) in [7, 11) is 0. The summed E-state index contributed by atoms with van der Waals surface area (Å²) >= 11 is 0. The lowest BCUT2D eigenvalue weighted by molar-refractivity contribution is -0.134. The summed E-state index contributed by atoms with van der Waals surface area (Å²) in [6, 6.07) is 9.23. The zero-order valence-corrected chi connectivity index (χ0v) is 15.4. The Morgan fingerprint density at radius 2 is 2.25 bits per heavy atom. The molecular weight excluding hydrogens is 363 g/mol. The van der Waals surface area contributed by atoms with E-state index in [1.807, 2.05) is 11.0 Å². The molecule has 2 N–H and O–H groups in total. The fraction of sp³-hybridized carbons (Fsp3) is 0.350. The van der Waals surface area contributed by atoms with Crippen molar-refractivity contribution in [3.63, 3.8) is 0 Å². The highest BCUT2D eigenvalue weighted by atomic mass is 19.1. The van der Waals surface area contributed by atoms with Gasteiger partial charge in [-0.05, 0) is 29.8 Å². The van der Waals surface area contributed by atoms with E-state index in [0.29, 0.717) is 38.5 Å². The van der Waals surface area contributed by atoms with Crippen molar-refractivity contribution in [3.8, 4) is 5.75 Å². The van der Waals surface area contributed by atoms with E-state index < -0.39 is 6.04 Å². The molecular formula is C20H23FN4O3. The number of nitrogens with zero attached hydrogens (tertiary/aromatic N) is 2. The highest BCUT2D eigenvalue weighted by Gasteiger charge is 2.31. The van der Waals surface area contributed by atoms with Crippen molar-refractivity contribution in [2.75, 3.05) is 26.2 Å². The lowest BCUT2D eigenvalue weighted by Crippen LogP contribution is -2.56. The van der Waals surface area contributed by atoms with Crippen LogP contribution in [-0.4, -0.2) is 54.0 Å². The van der Waals surface area contributed by atoms with Crippen molar-refractivity contribution in [2.24, 2.45) is 0 Å². The Morgan fingerprint density at radius 3 is 3.04 bits per heavy atom. The Labute approximate surface area is 162 Å². The van der Waals surface area contributed by atoms with Gasteiger partial charge in [0.2, 0.25) is 11.8 Å². The molecule has 1 aromatic heterocycles. The van der Waals surface area contributed by atoms with Crippen molar-refractivity contribution in [3.05, 3.63) is 60.2 Å². The van der Waals surface area contributed by atoms with Crippen molar-refractivity contribution in [1.82, 2.24) is 20.5 Å². The maximum absolute atomic E-state index is 13.4. The third-order valence-electron chi connectivity index (χ3n) is 4.42. The first kappa shape index (κ1) is 19.8. The first-order valence-corrected chi connectivity index (χ1v) is 9.17. The number of nitrogens with one attached hydrogen (secondary N) is 2. The summed E-state index contributed by atoms with van der Waals surface area (Å²) < 4.78 is 18.9. The number of aromatic nitrogens is 1. The van der Waals surface area contributed by atoms with Crippen LogP contribution < -0.4 is 15.4 Å². The number of carbonyl (C=O) groups excluding carboxylic acids is 2. The molecule has 1 aliphatic rings. The van der Waals surface area contributed by atoms with Gasteiger partial charge in [-0.1, -0.05) is 12.1 Å². The molecule has 0 aliphatic carbocycles. The largest absolute Gasteiger partial charge is 0.490 e. The normalized spacial score (nSPS) is 17.0. The lowest BCUT2D eigenvalue weighted by atomic mass is 10.1. The summed E-state index contributed by atoms with van der Waals surface area (Å²) in [4.78, 5) is 30.4. The van der Waals surface area contributed by atoms with E-state index in [-0.39, 0.29) is 24.1 Å². The number of piperazine rings is 1. The predicted molar refractivity (Wildman–Crippen MR) is 101 cm³/mol. The summed E-state index contributed by atoms with van der Waals surface area (Å²) in [6.07, 6.45) is 3.28. The van der Waals surface area contributed by atoms with Crippen LogP contribution in [0.2, 0.25) is 0 Å². The van der Waals surface area contributed by atoms with E-state index in [4.69, 9.17) is 4.74 Å². The molecule has 3 rings (SSSR count). The van der Waals surface area contributed by atoms with Gasteiger partial charge < -0.3 is 15.4 Å². The van der Waals surface area contributed by atoms with E-state index in [2.05, 4.69) is 15.6 Å². The van der Waals surface area contributed by atoms with Gasteiger partial charge in [-0.25, -0.2) is 4.39 Å². The number of ether oxygens (including phenoxy) is 1. The van der Waals surface area contributed by atoms with Crippen LogP contribution in [0.15, 0.2) is 48.8 Å². The number of hydrogen-bond acceptors (Lipinski definition) is 5. The average Bonchev–Trinajstić information content (AvgIpc) is 2.69. The minimum atomic E-state index is -0.587. The molecule has 8 heteroatoms. The van der Waals surface area contributed by atoms with Gasteiger partial charge in [0.1, 0.15) is 18.2 Å². The second kappa shape index (κ2) is 9.80. The van der Waals surface area contributed by atoms with Gasteiger partial charge in [0, 0.05) is 25.8 Å². The van der Waals surface area contributed by atoms with Crippen LogP contribution >= 0.6 is 0 Å². The van der Waals surface area contributed by atoms with Gasteiger partial charge in [-0.2, -0.15) is 0 Å². The highest BCUT2D eigenvalue weighted by molar-refractivity contribution is 5.88. The van der Waals surface area contributed by atoms with Crippen LogP contribution in [0, 0.1) is 5.82 Å². The zero-order chi connectivity index (χ0) is 19.8. The molecule has 1 aliphatic heterocycles. The molecule has 148 valence electrons. The standard InChI is InChI=1S/C20H23FN4O3/c21-16-4-1-3-15(11-16)14-25-9-7-24-20(27)18(25)12-19(26)23-8-10-28-17-5-2-6-22-13-17/h1-6,11,13,18H,7-10,12,14H2,(H,23,26)(H,24,27)/t18-/m0/s1. The first-order chi connectivity index (χ1) is 13.6. The van der Waals surface area contributed by atoms with Gasteiger partial charge in [-0.3, -0.25) is 19.5 Å². The second-order valence-electron chi connectivity index (χ2n) is 6.50. The molecule has 2 heterocycles. The number of benzene rings is 1. The van der Waals surface area contributed by atoms with E-state index in [1.54, 1.807) is 30.6 Å². The minimum Gasteiger partial charge on any atom is -0.490 e. The van der Waals surface area contributed by atoms with Gasteiger partial charge in [-0.15, -0.1) is 0 Å². The molecule has 0 unspecified atom stereocenters. The zero-order valence-electron chi connectivity index (χ0n) is 15.4. The molecule has 1 saturated heterocycles. The van der Waals surface area contributed by atoms with E-state index in [9.17, 15) is 14.0 Å². The summed E-state index contributed by atoms with van der Waals surface area (Å²) in [5.41, 5.74) is 0.768. The van der Waals surface area contributed by atoms with Crippen LogP contribution in [0.25, 0.3) is 0 Å². The molecule has 28 heavy (non-hydrogen) atoms. The van der Waals surface area contributed by atoms with E-state index in [1.165, 1.54) is 12.1 Å². The molecule has 0 spiro atoms. The number of hydrogen-bond donors (Lipinski definition) is 2. The highest BCUT2D eigenvalue weighted by Crippen LogP contribution is 2.15. The van der Waals surface area contributed by atoms with E-state index in [0.717, 1.165) is 5.56 Å². The molecule has 0 bridgehead atoms. The Bertz CT molecular complexity index is 803. The SMILES string of the molecule is O=C(C[C@H]1C(=O)NCCN1Cc1cccc(F)c1)NCCOc1cccnc1. The van der Waals surface area contributed by atoms with Crippen LogP contribution in [-0.2, 0) is 16.1 Å². The fourth-order valence-corrected chi connectivity index (χ4v) is 3.08. The number of carbonyl (C=O) groups is 2. The molecule has 1 aromatic carbocycles. The quantitative estimate of drug-likeness (QED) is 0.664. The van der Waals surface area contributed by atoms with Crippen LogP contribution in [0.5, 0.6) is 5.75 Å². The smallest absolute Gasteiger partial charge is 0.237 e. The van der Waals surface area contributed by atoms with Crippen molar-refractivity contribution < 1.29 is 18.7 Å². The van der Waals surface area contributed by atoms with Gasteiger partial charge in [0.15, 0.2) is 0 Å². The van der Waals surface area contributed by atoms with E-state index >= 15 is 0 Å². The van der Waals surface area contributed by atoms with Crippen LogP contribution in [0.3, 0.4) is 0 Å². The molecule has 7 nitrogen and oxygen atoms in total. The summed E-state index contributed by atoms with van der Waals surface area (Å²) in [5, 5.41) is 5.55. The molecule has 2 amide bonds. The second-order valence-corrected chi connectivity index (χ2v) is 6.50. The molecule has 2 aromatic rings. The van der Waals surface area contributed by atoms with Crippen molar-refractivity contribution in [1.29, 1.82) is 0 Å². The predicted octanol–water partition coefficient (Wildman–Crippen LogP) is 1.11. The van der Waals surface area contributed by atoms with Crippen LogP contribution in [0.1, 0.15) is 12.0 Å². The Morgan fingerprint density at radius 1 is 1.36 bits per heavy atom. The lowest BCUT2D eigenvalue weighted by Gasteiger charge is -2.34.